The molecule has 0 saturated heterocycles. The molecular formula is C25H17Cl4NO3. The van der Waals surface area contributed by atoms with Gasteiger partial charge in [-0.1, -0.05) is 58.5 Å². The number of aryl methyl sites for hydroxylation is 1. The second-order valence-corrected chi connectivity index (χ2v) is 9.59. The van der Waals surface area contributed by atoms with E-state index >= 15 is 0 Å². The molecule has 0 fully saturated rings. The first kappa shape index (κ1) is 22.6. The summed E-state index contributed by atoms with van der Waals surface area (Å²) in [6.45, 7) is 3.42. The number of allylic oxidation sites excluding steroid dienone is 1. The summed E-state index contributed by atoms with van der Waals surface area (Å²) in [6, 6.07) is 12.6. The van der Waals surface area contributed by atoms with Gasteiger partial charge in [-0.05, 0) is 54.5 Å². The Bertz CT molecular complexity index is 1320. The van der Waals surface area contributed by atoms with Crippen LogP contribution in [0, 0.1) is 6.92 Å². The van der Waals surface area contributed by atoms with E-state index in [0.29, 0.717) is 62.5 Å². The lowest BCUT2D eigenvalue weighted by Gasteiger charge is -2.30. The predicted octanol–water partition coefficient (Wildman–Crippen LogP) is 7.58. The van der Waals surface area contributed by atoms with Gasteiger partial charge in [0.05, 0.1) is 21.2 Å². The zero-order valence-electron chi connectivity index (χ0n) is 17.4. The molecule has 0 radical (unpaired) electrons. The number of ether oxygens (including phenoxy) is 2. The molecule has 3 aromatic rings. The quantitative estimate of drug-likeness (QED) is 0.333. The minimum absolute atomic E-state index is 0.179. The third-order valence-corrected chi connectivity index (χ3v) is 7.05. The van der Waals surface area contributed by atoms with Gasteiger partial charge in [-0.3, -0.25) is 9.69 Å². The largest absolute Gasteiger partial charge is 0.478 e. The maximum atomic E-state index is 13.2. The number of Topliss-reactive ketones (excluding diaryl/α,β-unsaturated/α-hetero) is 1. The molecule has 8 heteroatoms. The van der Waals surface area contributed by atoms with Crippen LogP contribution in [0.4, 0.5) is 0 Å². The molecule has 3 aromatic carbocycles. The lowest BCUT2D eigenvalue weighted by Crippen LogP contribution is -2.31. The molecule has 168 valence electrons. The average Bonchev–Trinajstić information content (AvgIpc) is 3.11. The summed E-state index contributed by atoms with van der Waals surface area (Å²) in [5.74, 6) is 1.20. The zero-order chi connectivity index (χ0) is 23.3. The Hall–Kier alpha value is -2.21. The lowest BCUT2D eigenvalue weighted by atomic mass is 9.98. The van der Waals surface area contributed by atoms with Crippen LogP contribution in [0.1, 0.15) is 32.6 Å². The topological polar surface area (TPSA) is 38.8 Å². The second kappa shape index (κ2) is 8.86. The van der Waals surface area contributed by atoms with Gasteiger partial charge in [-0.25, -0.2) is 0 Å². The third kappa shape index (κ3) is 4.23. The van der Waals surface area contributed by atoms with E-state index in [2.05, 4.69) is 4.90 Å². The molecule has 0 aliphatic carbocycles. The summed E-state index contributed by atoms with van der Waals surface area (Å²) >= 11 is 24.8. The number of ketones is 1. The van der Waals surface area contributed by atoms with Crippen LogP contribution in [-0.4, -0.2) is 17.4 Å². The van der Waals surface area contributed by atoms with Crippen molar-refractivity contribution in [3.63, 3.8) is 0 Å². The Kier molecular flexibility index (Phi) is 6.06. The highest BCUT2D eigenvalue weighted by Crippen LogP contribution is 2.44. The van der Waals surface area contributed by atoms with Crippen LogP contribution < -0.4 is 9.47 Å². The summed E-state index contributed by atoms with van der Waals surface area (Å²) in [6.07, 6.45) is 1.59. The monoisotopic (exact) mass is 519 g/mol. The molecule has 0 spiro atoms. The first-order valence-corrected chi connectivity index (χ1v) is 11.7. The zero-order valence-corrected chi connectivity index (χ0v) is 20.4. The maximum Gasteiger partial charge on any atom is 0.232 e. The average molecular weight is 521 g/mol. The van der Waals surface area contributed by atoms with Crippen molar-refractivity contribution in [2.45, 2.75) is 20.0 Å². The molecular weight excluding hydrogens is 504 g/mol. The van der Waals surface area contributed by atoms with Gasteiger partial charge in [0.25, 0.3) is 0 Å². The highest BCUT2D eigenvalue weighted by Gasteiger charge is 2.35. The highest BCUT2D eigenvalue weighted by atomic mass is 35.5. The van der Waals surface area contributed by atoms with Gasteiger partial charge in [-0.15, -0.1) is 0 Å². The molecule has 0 N–H and O–H groups in total. The summed E-state index contributed by atoms with van der Waals surface area (Å²) in [5.41, 5.74) is 3.69. The van der Waals surface area contributed by atoms with Gasteiger partial charge in [0.2, 0.25) is 5.78 Å². The van der Waals surface area contributed by atoms with E-state index < -0.39 is 0 Å². The van der Waals surface area contributed by atoms with Crippen LogP contribution in [0.25, 0.3) is 6.08 Å². The molecule has 2 aliphatic rings. The van der Waals surface area contributed by atoms with Crippen LogP contribution in [0.5, 0.6) is 11.5 Å². The minimum Gasteiger partial charge on any atom is -0.478 e. The Balaban J connectivity index is 1.48. The molecule has 0 bridgehead atoms. The Morgan fingerprint density at radius 2 is 1.76 bits per heavy atom. The summed E-state index contributed by atoms with van der Waals surface area (Å²) in [4.78, 5) is 15.3. The number of nitrogens with zero attached hydrogens (tertiary/aromatic N) is 1. The van der Waals surface area contributed by atoms with Crippen molar-refractivity contribution in [1.82, 2.24) is 4.90 Å². The number of fused-ring (bicyclic) bond motifs is 3. The van der Waals surface area contributed by atoms with E-state index in [1.165, 1.54) is 0 Å². The van der Waals surface area contributed by atoms with Crippen molar-refractivity contribution in [2.24, 2.45) is 0 Å². The summed E-state index contributed by atoms with van der Waals surface area (Å²) in [7, 11) is 0. The molecule has 2 aliphatic heterocycles. The molecule has 0 saturated carbocycles. The van der Waals surface area contributed by atoms with Gasteiger partial charge >= 0.3 is 0 Å². The minimum atomic E-state index is -0.206. The number of rotatable bonds is 3. The van der Waals surface area contributed by atoms with E-state index in [-0.39, 0.29) is 11.5 Å². The van der Waals surface area contributed by atoms with E-state index in [0.717, 1.165) is 16.7 Å². The van der Waals surface area contributed by atoms with Crippen LogP contribution >= 0.6 is 46.4 Å². The molecule has 5 rings (SSSR count). The number of hydrogen-bond donors (Lipinski definition) is 0. The van der Waals surface area contributed by atoms with Gasteiger partial charge in [0.15, 0.2) is 5.76 Å². The maximum absolute atomic E-state index is 13.2. The number of halogens is 4. The standard InChI is InChI=1S/C25H17Cl4NO3/c1-13-7-21-16(11-30(12-32-21)10-14-5-6-19(28)20(29)8-14)25-23(13)24(31)22(33-25)9-15-17(26)3-2-4-18(15)27/h2-9H,10-12H2,1H3/b22-9-. The molecule has 33 heavy (non-hydrogen) atoms. The van der Waals surface area contributed by atoms with Gasteiger partial charge in [0, 0.05) is 28.7 Å². The molecule has 0 aromatic heterocycles. The van der Waals surface area contributed by atoms with E-state index in [9.17, 15) is 4.79 Å². The SMILES string of the molecule is Cc1cc2c(c3c1C(=O)/C(=C/c1c(Cl)cccc1Cl)O3)CN(Cc1ccc(Cl)c(Cl)c1)CO2. The predicted molar refractivity (Wildman–Crippen MR) is 132 cm³/mol. The van der Waals surface area contributed by atoms with E-state index in [1.807, 2.05) is 25.1 Å². The normalized spacial score (nSPS) is 16.4. The molecule has 2 heterocycles. The fourth-order valence-corrected chi connectivity index (χ4v) is 4.88. The van der Waals surface area contributed by atoms with Crippen molar-refractivity contribution < 1.29 is 14.3 Å². The number of hydrogen-bond acceptors (Lipinski definition) is 4. The van der Waals surface area contributed by atoms with Crippen LogP contribution in [0.2, 0.25) is 20.1 Å². The van der Waals surface area contributed by atoms with Gasteiger partial charge < -0.3 is 9.47 Å². The third-order valence-electron chi connectivity index (χ3n) is 5.65. The smallest absolute Gasteiger partial charge is 0.232 e. The van der Waals surface area contributed by atoms with Gasteiger partial charge in [0.1, 0.15) is 18.2 Å². The molecule has 4 nitrogen and oxygen atoms in total. The Morgan fingerprint density at radius 1 is 1.00 bits per heavy atom. The fourth-order valence-electron chi connectivity index (χ4n) is 4.05. The van der Waals surface area contributed by atoms with Crippen molar-refractivity contribution in [2.75, 3.05) is 6.73 Å². The van der Waals surface area contributed by atoms with Crippen LogP contribution in [-0.2, 0) is 13.1 Å². The number of benzene rings is 3. The molecule has 0 amide bonds. The fraction of sp³-hybridized carbons (Fsp3) is 0.160. The Labute approximate surface area is 211 Å². The summed E-state index contributed by atoms with van der Waals surface area (Å²) in [5, 5.41) is 1.90. The first-order chi connectivity index (χ1) is 15.8. The van der Waals surface area contributed by atoms with Crippen molar-refractivity contribution >= 4 is 58.3 Å². The Morgan fingerprint density at radius 3 is 2.48 bits per heavy atom. The molecule has 0 atom stereocenters. The van der Waals surface area contributed by atoms with Crippen molar-refractivity contribution in [1.29, 1.82) is 0 Å². The van der Waals surface area contributed by atoms with E-state index in [1.54, 1.807) is 30.3 Å². The van der Waals surface area contributed by atoms with Crippen LogP contribution in [0.3, 0.4) is 0 Å². The lowest BCUT2D eigenvalue weighted by molar-refractivity contribution is 0.0872. The van der Waals surface area contributed by atoms with E-state index in [4.69, 9.17) is 55.9 Å². The molecule has 0 unspecified atom stereocenters. The van der Waals surface area contributed by atoms with Crippen LogP contribution in [0.15, 0.2) is 48.2 Å². The van der Waals surface area contributed by atoms with Crippen molar-refractivity contribution in [3.05, 3.63) is 96.1 Å². The first-order valence-electron chi connectivity index (χ1n) is 10.2. The second-order valence-electron chi connectivity index (χ2n) is 7.96. The number of carbonyl (C=O) groups is 1. The van der Waals surface area contributed by atoms with Crippen molar-refractivity contribution in [3.8, 4) is 11.5 Å². The summed E-state index contributed by atoms with van der Waals surface area (Å²) < 4.78 is 12.1. The highest BCUT2D eigenvalue weighted by molar-refractivity contribution is 6.42. The number of carbonyl (C=O) groups excluding carboxylic acids is 1. The van der Waals surface area contributed by atoms with Gasteiger partial charge in [-0.2, -0.15) is 0 Å².